The van der Waals surface area contributed by atoms with Gasteiger partial charge in [-0.3, -0.25) is 24.3 Å². The van der Waals surface area contributed by atoms with Crippen molar-refractivity contribution in [2.75, 3.05) is 12.9 Å². The van der Waals surface area contributed by atoms with E-state index >= 15 is 0 Å². The average molecular weight is 505 g/mol. The lowest BCUT2D eigenvalue weighted by atomic mass is 10.0. The van der Waals surface area contributed by atoms with Crippen LogP contribution in [0.3, 0.4) is 0 Å². The van der Waals surface area contributed by atoms with Gasteiger partial charge in [0.2, 0.25) is 5.91 Å². The van der Waals surface area contributed by atoms with E-state index in [1.54, 1.807) is 19.2 Å². The number of imidazole rings is 1. The van der Waals surface area contributed by atoms with Crippen molar-refractivity contribution >= 4 is 40.2 Å². The molecule has 4 aromatic rings. The van der Waals surface area contributed by atoms with Crippen LogP contribution in [0.1, 0.15) is 12.5 Å². The number of nitrogens with one attached hydrogen (secondary N) is 1. The van der Waals surface area contributed by atoms with Gasteiger partial charge >= 0.3 is 0 Å². The number of Topliss-reactive ketones (excluding diaryl/α,β-unsaturated/α-hetero) is 1. The third kappa shape index (κ3) is 5.55. The first-order valence-electron chi connectivity index (χ1n) is 11.1. The van der Waals surface area contributed by atoms with Crippen molar-refractivity contribution in [1.29, 1.82) is 0 Å². The molecule has 36 heavy (non-hydrogen) atoms. The van der Waals surface area contributed by atoms with Crippen LogP contribution >= 0.6 is 11.8 Å². The number of nitro benzene ring substituents is 1. The molecule has 0 fully saturated rings. The Labute approximate surface area is 211 Å². The maximum Gasteiger partial charge on any atom is 0.271 e. The Hall–Kier alpha value is -4.18. The molecule has 0 unspecified atom stereocenters. The van der Waals surface area contributed by atoms with Gasteiger partial charge in [0.05, 0.1) is 40.5 Å². The average Bonchev–Trinajstić information content (AvgIpc) is 3.25. The van der Waals surface area contributed by atoms with Crippen LogP contribution in [0.15, 0.2) is 78.0 Å². The fourth-order valence-electron chi connectivity index (χ4n) is 3.82. The number of methoxy groups -OCH3 is 1. The summed E-state index contributed by atoms with van der Waals surface area (Å²) in [4.78, 5) is 40.4. The lowest BCUT2D eigenvalue weighted by Crippen LogP contribution is -2.42. The Morgan fingerprint density at radius 2 is 1.83 bits per heavy atom. The predicted molar refractivity (Wildman–Crippen MR) is 138 cm³/mol. The molecule has 4 rings (SSSR count). The highest BCUT2D eigenvalue weighted by Crippen LogP contribution is 2.33. The number of carbonyl (C=O) groups is 2. The van der Waals surface area contributed by atoms with Crippen LogP contribution in [-0.2, 0) is 16.0 Å². The molecule has 1 atom stereocenters. The zero-order valence-corrected chi connectivity index (χ0v) is 20.5. The standard InChI is InChI=1S/C26H24N4O5S/c1-17(31)20(14-18-8-4-3-5-9-18)27-25(32)16-36-26-28-21-15-19(30(33)34)12-13-22(21)29(26)23-10-6-7-11-24(23)35-2/h3-13,15,20H,14,16H2,1-2H3,(H,27,32)/t20-/m1/s1. The molecule has 0 aliphatic rings. The van der Waals surface area contributed by atoms with Crippen LogP contribution in [0.2, 0.25) is 0 Å². The summed E-state index contributed by atoms with van der Waals surface area (Å²) in [6.45, 7) is 1.45. The molecule has 1 heterocycles. The van der Waals surface area contributed by atoms with E-state index in [1.807, 2.05) is 53.1 Å². The monoisotopic (exact) mass is 504 g/mol. The SMILES string of the molecule is COc1ccccc1-n1c(SCC(=O)N[C@H](Cc2ccccc2)C(C)=O)nc2cc([N+](=O)[O-])ccc21. The van der Waals surface area contributed by atoms with E-state index < -0.39 is 11.0 Å². The number of carbonyl (C=O) groups excluding carboxylic acids is 2. The number of nitrogens with zero attached hydrogens (tertiary/aromatic N) is 3. The minimum Gasteiger partial charge on any atom is -0.495 e. The van der Waals surface area contributed by atoms with Crippen LogP contribution in [0.5, 0.6) is 5.75 Å². The van der Waals surface area contributed by atoms with Gasteiger partial charge in [-0.2, -0.15) is 0 Å². The van der Waals surface area contributed by atoms with Gasteiger partial charge in [0.15, 0.2) is 10.9 Å². The smallest absolute Gasteiger partial charge is 0.271 e. The van der Waals surface area contributed by atoms with Crippen LogP contribution in [0.4, 0.5) is 5.69 Å². The van der Waals surface area contributed by atoms with Gasteiger partial charge in [0, 0.05) is 12.1 Å². The molecule has 0 radical (unpaired) electrons. The molecule has 0 saturated heterocycles. The van der Waals surface area contributed by atoms with E-state index in [1.165, 1.54) is 30.8 Å². The maximum atomic E-state index is 12.8. The number of hydrogen-bond donors (Lipinski definition) is 1. The fourth-order valence-corrected chi connectivity index (χ4v) is 4.65. The molecular formula is C26H24N4O5S. The zero-order valence-electron chi connectivity index (χ0n) is 19.7. The molecule has 9 nitrogen and oxygen atoms in total. The fraction of sp³-hybridized carbons (Fsp3) is 0.192. The largest absolute Gasteiger partial charge is 0.495 e. The van der Waals surface area contributed by atoms with Gasteiger partial charge in [-0.25, -0.2) is 4.98 Å². The van der Waals surface area contributed by atoms with Crippen LogP contribution in [-0.4, -0.2) is 45.1 Å². The number of ketones is 1. The number of benzene rings is 3. The van der Waals surface area contributed by atoms with E-state index in [4.69, 9.17) is 4.74 Å². The summed E-state index contributed by atoms with van der Waals surface area (Å²) in [5.41, 5.74) is 2.62. The number of thioether (sulfide) groups is 1. The van der Waals surface area contributed by atoms with Crippen molar-refractivity contribution in [1.82, 2.24) is 14.9 Å². The molecule has 10 heteroatoms. The summed E-state index contributed by atoms with van der Waals surface area (Å²) in [6.07, 6.45) is 0.399. The highest BCUT2D eigenvalue weighted by Gasteiger charge is 2.21. The summed E-state index contributed by atoms with van der Waals surface area (Å²) in [5, 5.41) is 14.6. The molecule has 3 aromatic carbocycles. The van der Waals surface area contributed by atoms with Crippen molar-refractivity contribution in [2.24, 2.45) is 0 Å². The summed E-state index contributed by atoms with van der Waals surface area (Å²) >= 11 is 1.17. The summed E-state index contributed by atoms with van der Waals surface area (Å²) in [7, 11) is 1.55. The Morgan fingerprint density at radius 3 is 2.53 bits per heavy atom. The molecule has 0 aliphatic heterocycles. The second-order valence-corrected chi connectivity index (χ2v) is 8.98. The molecular weight excluding hydrogens is 480 g/mol. The van der Waals surface area contributed by atoms with E-state index in [2.05, 4.69) is 10.3 Å². The summed E-state index contributed by atoms with van der Waals surface area (Å²) < 4.78 is 7.32. The minimum absolute atomic E-state index is 0.000859. The van der Waals surface area contributed by atoms with Crippen LogP contribution in [0.25, 0.3) is 16.7 Å². The number of rotatable bonds is 10. The molecule has 1 N–H and O–H groups in total. The normalized spacial score (nSPS) is 11.7. The highest BCUT2D eigenvalue weighted by atomic mass is 32.2. The van der Waals surface area contributed by atoms with Crippen molar-refractivity contribution in [3.8, 4) is 11.4 Å². The minimum atomic E-state index is -0.642. The van der Waals surface area contributed by atoms with Gasteiger partial charge in [-0.1, -0.05) is 54.2 Å². The summed E-state index contributed by atoms with van der Waals surface area (Å²) in [5.74, 6) is 0.131. The van der Waals surface area contributed by atoms with E-state index in [0.29, 0.717) is 34.0 Å². The van der Waals surface area contributed by atoms with Gasteiger partial charge in [0.25, 0.3) is 5.69 Å². The van der Waals surface area contributed by atoms with Crippen molar-refractivity contribution in [2.45, 2.75) is 24.5 Å². The number of ether oxygens (including phenoxy) is 1. The topological polar surface area (TPSA) is 116 Å². The Bertz CT molecular complexity index is 1420. The Morgan fingerprint density at radius 1 is 1.11 bits per heavy atom. The molecule has 184 valence electrons. The lowest BCUT2D eigenvalue weighted by molar-refractivity contribution is -0.384. The Kier molecular flexibility index (Phi) is 7.65. The zero-order chi connectivity index (χ0) is 25.7. The molecule has 0 aliphatic carbocycles. The molecule has 0 spiro atoms. The molecule has 1 aromatic heterocycles. The number of nitro groups is 1. The second-order valence-electron chi connectivity index (χ2n) is 8.04. The van der Waals surface area contributed by atoms with Gasteiger partial charge < -0.3 is 10.1 Å². The quantitative estimate of drug-likeness (QED) is 0.194. The van der Waals surface area contributed by atoms with E-state index in [0.717, 1.165) is 5.56 Å². The maximum absolute atomic E-state index is 12.8. The number of non-ortho nitro benzene ring substituents is 1. The number of amides is 1. The first kappa shape index (κ1) is 24.9. The van der Waals surface area contributed by atoms with Gasteiger partial charge in [-0.05, 0) is 37.1 Å². The van der Waals surface area contributed by atoms with Crippen LogP contribution < -0.4 is 10.1 Å². The van der Waals surface area contributed by atoms with Gasteiger partial charge in [0.1, 0.15) is 5.75 Å². The first-order chi connectivity index (χ1) is 17.4. The van der Waals surface area contributed by atoms with Gasteiger partial charge in [-0.15, -0.1) is 0 Å². The Balaban J connectivity index is 1.61. The number of hydrogen-bond acceptors (Lipinski definition) is 7. The number of aromatic nitrogens is 2. The molecule has 0 bridgehead atoms. The second kappa shape index (κ2) is 11.0. The third-order valence-electron chi connectivity index (χ3n) is 5.59. The van der Waals surface area contributed by atoms with E-state index in [-0.39, 0.29) is 23.1 Å². The molecule has 0 saturated carbocycles. The molecule has 1 amide bonds. The predicted octanol–water partition coefficient (Wildman–Crippen LogP) is 4.35. The van der Waals surface area contributed by atoms with Crippen molar-refractivity contribution in [3.05, 3.63) is 88.5 Å². The van der Waals surface area contributed by atoms with Crippen molar-refractivity contribution < 1.29 is 19.2 Å². The summed E-state index contributed by atoms with van der Waals surface area (Å²) in [6, 6.07) is 20.6. The number of para-hydroxylation sites is 2. The van der Waals surface area contributed by atoms with Crippen LogP contribution in [0, 0.1) is 10.1 Å². The van der Waals surface area contributed by atoms with Crippen molar-refractivity contribution in [3.63, 3.8) is 0 Å². The lowest BCUT2D eigenvalue weighted by Gasteiger charge is -2.16. The highest BCUT2D eigenvalue weighted by molar-refractivity contribution is 7.99. The first-order valence-corrected chi connectivity index (χ1v) is 12.1. The third-order valence-corrected chi connectivity index (χ3v) is 6.52. The number of fused-ring (bicyclic) bond motifs is 1. The van der Waals surface area contributed by atoms with E-state index in [9.17, 15) is 19.7 Å².